The molecule has 1 N–H and O–H groups in total. The van der Waals surface area contributed by atoms with E-state index in [1.807, 2.05) is 49.4 Å². The molecule has 2 aromatic rings. The topological polar surface area (TPSA) is 58.6 Å². The van der Waals surface area contributed by atoms with Crippen LogP contribution in [0.5, 0.6) is 5.75 Å². The van der Waals surface area contributed by atoms with Crippen molar-refractivity contribution in [3.05, 3.63) is 64.7 Å². The number of rotatable bonds is 6. The van der Waals surface area contributed by atoms with Crippen LogP contribution >= 0.6 is 11.6 Å². The van der Waals surface area contributed by atoms with Crippen LogP contribution in [-0.2, 0) is 16.1 Å². The number of carbonyl (C=O) groups excluding carboxylic acids is 2. The number of benzene rings is 2. The zero-order chi connectivity index (χ0) is 18.5. The van der Waals surface area contributed by atoms with Gasteiger partial charge in [0.25, 0.3) is 5.91 Å². The minimum Gasteiger partial charge on any atom is -0.484 e. The van der Waals surface area contributed by atoms with Crippen molar-refractivity contribution in [2.45, 2.75) is 25.9 Å². The highest BCUT2D eigenvalue weighted by Gasteiger charge is 2.30. The lowest BCUT2D eigenvalue weighted by Gasteiger charge is -2.18. The van der Waals surface area contributed by atoms with Crippen LogP contribution in [0.4, 0.5) is 0 Å². The Labute approximate surface area is 157 Å². The van der Waals surface area contributed by atoms with Gasteiger partial charge in [0.1, 0.15) is 5.75 Å². The summed E-state index contributed by atoms with van der Waals surface area (Å²) >= 11 is 6.16. The summed E-state index contributed by atoms with van der Waals surface area (Å²) in [5.74, 6) is 0.464. The van der Waals surface area contributed by atoms with E-state index in [4.69, 9.17) is 16.3 Å². The van der Waals surface area contributed by atoms with Gasteiger partial charge in [-0.15, -0.1) is 0 Å². The van der Waals surface area contributed by atoms with Crippen molar-refractivity contribution in [1.29, 1.82) is 0 Å². The highest BCUT2D eigenvalue weighted by molar-refractivity contribution is 6.31. The van der Waals surface area contributed by atoms with Crippen LogP contribution in [0.3, 0.4) is 0 Å². The first-order valence-electron chi connectivity index (χ1n) is 8.52. The largest absolute Gasteiger partial charge is 0.484 e. The van der Waals surface area contributed by atoms with Gasteiger partial charge in [-0.1, -0.05) is 48.0 Å². The van der Waals surface area contributed by atoms with Crippen LogP contribution in [0.1, 0.15) is 17.5 Å². The lowest BCUT2D eigenvalue weighted by Crippen LogP contribution is -2.39. The number of likely N-dealkylation sites (tertiary alicyclic amines) is 1. The molecule has 1 aliphatic rings. The van der Waals surface area contributed by atoms with E-state index >= 15 is 0 Å². The minimum atomic E-state index is -0.231. The summed E-state index contributed by atoms with van der Waals surface area (Å²) in [6.45, 7) is 2.78. The molecule has 2 aromatic carbocycles. The van der Waals surface area contributed by atoms with E-state index in [0.717, 1.165) is 11.1 Å². The molecule has 6 heteroatoms. The monoisotopic (exact) mass is 372 g/mol. The predicted molar refractivity (Wildman–Crippen MR) is 100 cm³/mol. The van der Waals surface area contributed by atoms with Crippen LogP contribution in [0, 0.1) is 6.92 Å². The van der Waals surface area contributed by atoms with Gasteiger partial charge in [0.05, 0.1) is 6.04 Å². The fourth-order valence-electron chi connectivity index (χ4n) is 2.98. The molecule has 0 spiro atoms. The van der Waals surface area contributed by atoms with Crippen LogP contribution < -0.4 is 10.1 Å². The number of amides is 2. The Hall–Kier alpha value is -2.53. The van der Waals surface area contributed by atoms with Crippen LogP contribution in [0.2, 0.25) is 5.02 Å². The van der Waals surface area contributed by atoms with Crippen molar-refractivity contribution in [3.8, 4) is 5.75 Å². The highest BCUT2D eigenvalue weighted by Crippen LogP contribution is 2.21. The van der Waals surface area contributed by atoms with Crippen molar-refractivity contribution in [2.24, 2.45) is 0 Å². The molecule has 5 nitrogen and oxygen atoms in total. The van der Waals surface area contributed by atoms with Gasteiger partial charge in [-0.25, -0.2) is 0 Å². The molecule has 136 valence electrons. The van der Waals surface area contributed by atoms with Gasteiger partial charge in [-0.05, 0) is 30.2 Å². The molecule has 2 amide bonds. The van der Waals surface area contributed by atoms with E-state index < -0.39 is 0 Å². The number of halogens is 1. The lowest BCUT2D eigenvalue weighted by molar-refractivity contribution is -0.128. The summed E-state index contributed by atoms with van der Waals surface area (Å²) in [6.07, 6.45) is 0.292. The van der Waals surface area contributed by atoms with Gasteiger partial charge in [-0.3, -0.25) is 9.59 Å². The summed E-state index contributed by atoms with van der Waals surface area (Å²) in [5.41, 5.74) is 1.87. The van der Waals surface area contributed by atoms with E-state index in [-0.39, 0.29) is 24.5 Å². The Morgan fingerprint density at radius 1 is 1.23 bits per heavy atom. The molecular weight excluding hydrogens is 352 g/mol. The maximum absolute atomic E-state index is 12.2. The maximum atomic E-state index is 12.2. The highest BCUT2D eigenvalue weighted by atomic mass is 35.5. The molecule has 1 aliphatic heterocycles. The number of aryl methyl sites for hydroxylation is 1. The first kappa shape index (κ1) is 18.3. The molecule has 1 saturated heterocycles. The summed E-state index contributed by atoms with van der Waals surface area (Å²) < 4.78 is 5.55. The van der Waals surface area contributed by atoms with Gasteiger partial charge in [-0.2, -0.15) is 0 Å². The van der Waals surface area contributed by atoms with Crippen LogP contribution in [-0.4, -0.2) is 35.9 Å². The summed E-state index contributed by atoms with van der Waals surface area (Å²) in [4.78, 5) is 26.0. The molecule has 0 aromatic heterocycles. The molecule has 0 unspecified atom stereocenters. The second-order valence-corrected chi connectivity index (χ2v) is 6.80. The first-order valence-corrected chi connectivity index (χ1v) is 8.89. The van der Waals surface area contributed by atoms with E-state index in [1.54, 1.807) is 11.0 Å². The van der Waals surface area contributed by atoms with Gasteiger partial charge in [0.15, 0.2) is 6.61 Å². The van der Waals surface area contributed by atoms with Crippen LogP contribution in [0.25, 0.3) is 0 Å². The molecule has 0 saturated carbocycles. The van der Waals surface area contributed by atoms with Gasteiger partial charge >= 0.3 is 0 Å². The lowest BCUT2D eigenvalue weighted by atomic mass is 10.2. The van der Waals surface area contributed by atoms with Crippen molar-refractivity contribution in [3.63, 3.8) is 0 Å². The summed E-state index contributed by atoms with van der Waals surface area (Å²) in [5, 5.41) is 3.51. The first-order chi connectivity index (χ1) is 12.5. The maximum Gasteiger partial charge on any atom is 0.258 e. The number of nitrogens with zero attached hydrogens (tertiary/aromatic N) is 1. The zero-order valence-corrected chi connectivity index (χ0v) is 15.3. The molecule has 0 bridgehead atoms. The van der Waals surface area contributed by atoms with E-state index in [1.165, 1.54) is 0 Å². The Balaban J connectivity index is 1.50. The molecule has 1 fully saturated rings. The second-order valence-electron chi connectivity index (χ2n) is 6.39. The Bertz CT molecular complexity index is 809. The van der Waals surface area contributed by atoms with Gasteiger partial charge in [0, 0.05) is 24.5 Å². The average molecular weight is 373 g/mol. The fraction of sp³-hybridized carbons (Fsp3) is 0.300. The minimum absolute atomic E-state index is 0.00930. The molecule has 1 heterocycles. The third-order valence-electron chi connectivity index (χ3n) is 4.35. The summed E-state index contributed by atoms with van der Waals surface area (Å²) in [7, 11) is 0. The number of carbonyl (C=O) groups is 2. The van der Waals surface area contributed by atoms with Gasteiger partial charge in [0.2, 0.25) is 5.91 Å². The van der Waals surface area contributed by atoms with E-state index in [2.05, 4.69) is 5.32 Å². The smallest absolute Gasteiger partial charge is 0.258 e. The van der Waals surface area contributed by atoms with Crippen molar-refractivity contribution in [1.82, 2.24) is 10.2 Å². The third kappa shape index (κ3) is 4.55. The molecule has 0 radical (unpaired) electrons. The SMILES string of the molecule is Cc1ccccc1OCC(=O)N[C@H]1CC(=O)N(Cc2ccccc2Cl)C1. The standard InChI is InChI=1S/C20H21ClN2O3/c1-14-6-2-5-9-18(14)26-13-19(24)22-16-10-20(25)23(12-16)11-15-7-3-4-8-17(15)21/h2-9,16H,10-13H2,1H3,(H,22,24)/t16-/m0/s1. The van der Waals surface area contributed by atoms with Crippen molar-refractivity contribution >= 4 is 23.4 Å². The number of nitrogens with one attached hydrogen (secondary N) is 1. The summed E-state index contributed by atoms with van der Waals surface area (Å²) in [6, 6.07) is 14.8. The van der Waals surface area contributed by atoms with Crippen molar-refractivity contribution < 1.29 is 14.3 Å². The van der Waals surface area contributed by atoms with Crippen LogP contribution in [0.15, 0.2) is 48.5 Å². The average Bonchev–Trinajstić information content (AvgIpc) is 2.95. The Morgan fingerprint density at radius 2 is 1.96 bits per heavy atom. The number of para-hydroxylation sites is 1. The fourth-order valence-corrected chi connectivity index (χ4v) is 3.18. The number of hydrogen-bond acceptors (Lipinski definition) is 3. The van der Waals surface area contributed by atoms with E-state index in [9.17, 15) is 9.59 Å². The molecule has 0 aliphatic carbocycles. The second kappa shape index (κ2) is 8.23. The zero-order valence-electron chi connectivity index (χ0n) is 14.6. The number of hydrogen-bond donors (Lipinski definition) is 1. The molecule has 3 rings (SSSR count). The molecule has 26 heavy (non-hydrogen) atoms. The number of ether oxygens (including phenoxy) is 1. The Morgan fingerprint density at radius 3 is 2.73 bits per heavy atom. The predicted octanol–water partition coefficient (Wildman–Crippen LogP) is 2.94. The third-order valence-corrected chi connectivity index (χ3v) is 4.72. The Kier molecular flexibility index (Phi) is 5.78. The van der Waals surface area contributed by atoms with E-state index in [0.29, 0.717) is 30.3 Å². The van der Waals surface area contributed by atoms with Crippen molar-refractivity contribution in [2.75, 3.05) is 13.2 Å². The van der Waals surface area contributed by atoms with Gasteiger partial charge < -0.3 is 15.0 Å². The quantitative estimate of drug-likeness (QED) is 0.848. The normalized spacial score (nSPS) is 16.6. The molecule has 1 atom stereocenters. The molecular formula is C20H21ClN2O3.